The molecule has 292 valence electrons. The maximum absolute atomic E-state index is 8.56. The van der Waals surface area contributed by atoms with Gasteiger partial charge in [-0.2, -0.15) is 27.0 Å². The van der Waals surface area contributed by atoms with Gasteiger partial charge in [-0.1, -0.05) is 60.2 Å². The van der Waals surface area contributed by atoms with Crippen molar-refractivity contribution in [2.24, 2.45) is 0 Å². The van der Waals surface area contributed by atoms with Gasteiger partial charge in [0.05, 0.1) is 0 Å². The number of carboxylic acid groups (broad SMARTS) is 2. The van der Waals surface area contributed by atoms with Crippen LogP contribution in [0.3, 0.4) is 0 Å². The summed E-state index contributed by atoms with van der Waals surface area (Å²) in [7, 11) is 0. The number of rotatable bonds is 1. The fraction of sp³-hybridized carbons (Fsp3) is 0.0976. The molecule has 16 N–H and O–H groups in total. The molecule has 1 aromatic heterocycles. The molecular formula is C41H54N8Na4O3S2. The van der Waals surface area contributed by atoms with Gasteiger partial charge in [0.1, 0.15) is 0 Å². The van der Waals surface area contributed by atoms with E-state index in [9.17, 15) is 0 Å². The Bertz CT molecular complexity index is 2040. The molecule has 0 unspecified atom stereocenters. The first kappa shape index (κ1) is 64.8. The number of hydrogen-bond donors (Lipinski definition) is 9. The third-order valence-electron chi connectivity index (χ3n) is 7.23. The molecule has 0 spiro atoms. The van der Waals surface area contributed by atoms with Gasteiger partial charge in [-0.25, -0.2) is 4.79 Å². The van der Waals surface area contributed by atoms with Crippen LogP contribution in [0, 0.1) is 13.8 Å². The van der Waals surface area contributed by atoms with Crippen LogP contribution in [-0.4, -0.2) is 139 Å². The Morgan fingerprint density at radius 2 is 0.845 bits per heavy atom. The minimum Gasteiger partial charge on any atom is -0.450 e. The molecule has 6 aromatic carbocycles. The molecule has 58 heavy (non-hydrogen) atoms. The number of nitrogens with zero attached hydrogens (tertiary/aromatic N) is 1. The van der Waals surface area contributed by atoms with Gasteiger partial charge < -0.3 is 54.9 Å². The molecule has 0 fully saturated rings. The fourth-order valence-electron chi connectivity index (χ4n) is 4.59. The second-order valence-electron chi connectivity index (χ2n) is 11.4. The maximum atomic E-state index is 8.56. The normalized spacial score (nSPS) is 8.53. The van der Waals surface area contributed by atoms with Crippen LogP contribution in [0.4, 0.5) is 44.6 Å². The van der Waals surface area contributed by atoms with Crippen molar-refractivity contribution in [2.45, 2.75) is 27.3 Å². The standard InChI is InChI=1S/C14H14N2.C7H10N2.C7H9N.C6H8N2.C6H7N.CH2O3.4Na.2H2S/c1-2-16-13-6-4-3-5-11(13)12-9-10(15)7-8-14(12)16;1-5-2-3-6(8)4-7(5)9;1-6-2-4-7(8)5-3-6;7-5-1-2-6(8)4-3-5;7-6-4-2-1-3-5-6;2-1(3)4;;;;;;/h3-9H,2,15H2,1H3;2-4H,8-9H2,1H3;2-5H,8H2,1H3;1-4H,7-8H2;1-5H,7H2;(H2,2,3,4);;;;;2*1H2. The largest absolute Gasteiger partial charge is 0.503 e. The van der Waals surface area contributed by atoms with Gasteiger partial charge in [0, 0.05) is 186 Å². The molecule has 11 nitrogen and oxygen atoms in total. The summed E-state index contributed by atoms with van der Waals surface area (Å²) in [6.45, 7) is 7.14. The second-order valence-corrected chi connectivity index (χ2v) is 11.4. The molecule has 0 saturated heterocycles. The van der Waals surface area contributed by atoms with Gasteiger partial charge in [0.15, 0.2) is 0 Å². The number of hydrogen-bond acceptors (Lipinski definition) is 8. The van der Waals surface area contributed by atoms with Crippen molar-refractivity contribution in [3.8, 4) is 0 Å². The molecule has 0 saturated carbocycles. The Hall–Kier alpha value is -2.31. The van der Waals surface area contributed by atoms with Crippen LogP contribution in [0.1, 0.15) is 18.1 Å². The minimum atomic E-state index is -1.83. The number of carbonyl (C=O) groups is 1. The van der Waals surface area contributed by atoms with Gasteiger partial charge in [0.25, 0.3) is 0 Å². The number of aromatic nitrogens is 1. The Balaban J connectivity index is -0.000000199. The summed E-state index contributed by atoms with van der Waals surface area (Å²) >= 11 is 0. The summed E-state index contributed by atoms with van der Waals surface area (Å²) in [6, 6.07) is 44.5. The first-order valence-electron chi connectivity index (χ1n) is 16.2. The van der Waals surface area contributed by atoms with Crippen molar-refractivity contribution in [1.82, 2.24) is 4.57 Å². The molecular weight excluding hydrogens is 809 g/mol. The molecule has 4 radical (unpaired) electrons. The summed E-state index contributed by atoms with van der Waals surface area (Å²) in [5, 5.41) is 16.5. The maximum Gasteiger partial charge on any atom is 0.503 e. The van der Waals surface area contributed by atoms with E-state index < -0.39 is 6.16 Å². The SMILES string of the molecule is CCn1c2ccccc2c2cc(N)ccc21.Cc1ccc(N)cc1.Cc1ccc(N)cc1N.Nc1ccc(N)cc1.Nc1ccccc1.O=C(O)O.S.S.[Na].[Na].[Na].[Na]. The van der Waals surface area contributed by atoms with Gasteiger partial charge >= 0.3 is 6.16 Å². The molecule has 0 atom stereocenters. The molecule has 0 bridgehead atoms. The predicted octanol–water partition coefficient (Wildman–Crippen LogP) is 7.18. The third-order valence-corrected chi connectivity index (χ3v) is 7.23. The van der Waals surface area contributed by atoms with E-state index in [1.165, 1.54) is 27.4 Å². The fourth-order valence-corrected chi connectivity index (χ4v) is 4.59. The van der Waals surface area contributed by atoms with Crippen LogP contribution in [0.15, 0.2) is 140 Å². The van der Waals surface area contributed by atoms with E-state index in [2.05, 4.69) is 47.9 Å². The van der Waals surface area contributed by atoms with Crippen molar-refractivity contribution in [3.05, 3.63) is 151 Å². The van der Waals surface area contributed by atoms with Crippen molar-refractivity contribution >= 4 is 213 Å². The zero-order chi connectivity index (χ0) is 38.6. The van der Waals surface area contributed by atoms with E-state index in [0.717, 1.165) is 51.9 Å². The molecule has 1 heterocycles. The number of nitrogen functional groups attached to an aromatic ring is 7. The summed E-state index contributed by atoms with van der Waals surface area (Å²) in [5.41, 5.74) is 48.7. The van der Waals surface area contributed by atoms with Crippen molar-refractivity contribution in [1.29, 1.82) is 0 Å². The van der Waals surface area contributed by atoms with Crippen LogP contribution in [0.2, 0.25) is 0 Å². The number of anilines is 7. The predicted molar refractivity (Wildman–Crippen MR) is 266 cm³/mol. The smallest absolute Gasteiger partial charge is 0.450 e. The van der Waals surface area contributed by atoms with Crippen molar-refractivity contribution in [3.63, 3.8) is 0 Å². The van der Waals surface area contributed by atoms with E-state index in [1.54, 1.807) is 30.3 Å². The molecule has 7 rings (SSSR count). The number of nitrogens with two attached hydrogens (primary N) is 7. The zero-order valence-corrected chi connectivity index (χ0v) is 44.8. The van der Waals surface area contributed by atoms with E-state index >= 15 is 0 Å². The number of fused-ring (bicyclic) bond motifs is 3. The summed E-state index contributed by atoms with van der Waals surface area (Å²) < 4.78 is 2.32. The van der Waals surface area contributed by atoms with E-state index in [-0.39, 0.29) is 145 Å². The molecule has 17 heteroatoms. The second kappa shape index (κ2) is 35.4. The van der Waals surface area contributed by atoms with Crippen LogP contribution in [-0.2, 0) is 6.54 Å². The number of para-hydroxylation sites is 2. The van der Waals surface area contributed by atoms with E-state index in [1.807, 2.05) is 86.6 Å². The van der Waals surface area contributed by atoms with E-state index in [0.29, 0.717) is 0 Å². The Labute approximate surface area is 444 Å². The number of benzene rings is 6. The quantitative estimate of drug-likeness (QED) is 0.0595. The van der Waals surface area contributed by atoms with Crippen LogP contribution in [0.25, 0.3) is 21.8 Å². The molecule has 7 aromatic rings. The average molecular weight is 863 g/mol. The molecule has 0 amide bonds. The van der Waals surface area contributed by atoms with Crippen LogP contribution in [0.5, 0.6) is 0 Å². The molecule has 0 aliphatic rings. The Morgan fingerprint density at radius 1 is 0.483 bits per heavy atom. The third kappa shape index (κ3) is 25.3. The first-order chi connectivity index (χ1) is 24.7. The summed E-state index contributed by atoms with van der Waals surface area (Å²) in [5.74, 6) is 0. The Kier molecular flexibility index (Phi) is 39.6. The number of aryl methyl sites for hydroxylation is 3. The van der Waals surface area contributed by atoms with Gasteiger partial charge in [0.2, 0.25) is 0 Å². The van der Waals surface area contributed by atoms with Gasteiger partial charge in [-0.3, -0.25) is 0 Å². The van der Waals surface area contributed by atoms with E-state index in [4.69, 9.17) is 55.1 Å². The minimum absolute atomic E-state index is 0. The molecule has 0 aliphatic heterocycles. The van der Waals surface area contributed by atoms with Crippen LogP contribution < -0.4 is 40.1 Å². The first-order valence-corrected chi connectivity index (χ1v) is 16.2. The molecule has 0 aliphatic carbocycles. The zero-order valence-electron chi connectivity index (χ0n) is 34.8. The van der Waals surface area contributed by atoms with Crippen LogP contribution >= 0.6 is 27.0 Å². The van der Waals surface area contributed by atoms with Crippen molar-refractivity contribution in [2.75, 3.05) is 40.1 Å². The van der Waals surface area contributed by atoms with Gasteiger partial charge in [-0.05, 0) is 111 Å². The monoisotopic (exact) mass is 862 g/mol. The van der Waals surface area contributed by atoms with Gasteiger partial charge in [-0.15, -0.1) is 0 Å². The Morgan fingerprint density at radius 3 is 1.24 bits per heavy atom. The topological polar surface area (TPSA) is 245 Å². The summed E-state index contributed by atoms with van der Waals surface area (Å²) in [6.07, 6.45) is -1.83. The average Bonchev–Trinajstić information content (AvgIpc) is 3.43. The summed E-state index contributed by atoms with van der Waals surface area (Å²) in [4.78, 5) is 8.56. The van der Waals surface area contributed by atoms with Crippen molar-refractivity contribution < 1.29 is 15.0 Å².